The molecular formula is C21H24N4O2. The standard InChI is InChI=1S/C21H24N4O2/c1-15-17(13-22-24(15)3)19-12-18(23-27-19)20(26)25-11-7-10-21(2,14-25)16-8-5-4-6-9-16/h4-6,8-9,12-13H,7,10-11,14H2,1-3H3. The predicted molar refractivity (Wildman–Crippen MR) is 102 cm³/mol. The minimum Gasteiger partial charge on any atom is -0.355 e. The molecule has 0 saturated carbocycles. The Balaban J connectivity index is 1.55. The molecule has 1 aliphatic rings. The summed E-state index contributed by atoms with van der Waals surface area (Å²) in [5.74, 6) is 0.500. The Morgan fingerprint density at radius 3 is 2.74 bits per heavy atom. The monoisotopic (exact) mass is 364 g/mol. The van der Waals surface area contributed by atoms with E-state index in [1.807, 2.05) is 24.9 Å². The lowest BCUT2D eigenvalue weighted by atomic mass is 9.76. The zero-order chi connectivity index (χ0) is 19.0. The number of carbonyl (C=O) groups is 1. The molecule has 3 aromatic rings. The predicted octanol–water partition coefficient (Wildman–Crippen LogP) is 3.58. The van der Waals surface area contributed by atoms with Crippen molar-refractivity contribution in [1.29, 1.82) is 0 Å². The Bertz CT molecular complexity index is 960. The van der Waals surface area contributed by atoms with Crippen LogP contribution in [0.4, 0.5) is 0 Å². The van der Waals surface area contributed by atoms with E-state index in [0.717, 1.165) is 30.6 Å². The quantitative estimate of drug-likeness (QED) is 0.713. The second kappa shape index (κ2) is 6.68. The van der Waals surface area contributed by atoms with Gasteiger partial charge in [-0.2, -0.15) is 5.10 Å². The van der Waals surface area contributed by atoms with Crippen LogP contribution in [-0.4, -0.2) is 38.8 Å². The van der Waals surface area contributed by atoms with Crippen LogP contribution in [0.2, 0.25) is 0 Å². The first kappa shape index (κ1) is 17.5. The number of carbonyl (C=O) groups excluding carboxylic acids is 1. The van der Waals surface area contributed by atoms with Gasteiger partial charge in [0.25, 0.3) is 5.91 Å². The van der Waals surface area contributed by atoms with Gasteiger partial charge in [0.15, 0.2) is 11.5 Å². The van der Waals surface area contributed by atoms with Gasteiger partial charge in [0, 0.05) is 37.3 Å². The molecule has 0 spiro atoms. The number of hydrogen-bond donors (Lipinski definition) is 0. The first-order chi connectivity index (χ1) is 13.0. The zero-order valence-electron chi connectivity index (χ0n) is 16.0. The van der Waals surface area contributed by atoms with Crippen LogP contribution in [0.25, 0.3) is 11.3 Å². The lowest BCUT2D eigenvalue weighted by molar-refractivity contribution is 0.0640. The van der Waals surface area contributed by atoms with Crippen molar-refractivity contribution in [2.24, 2.45) is 7.05 Å². The molecule has 1 saturated heterocycles. The number of benzene rings is 1. The highest BCUT2D eigenvalue weighted by atomic mass is 16.5. The molecule has 0 bridgehead atoms. The molecule has 140 valence electrons. The summed E-state index contributed by atoms with van der Waals surface area (Å²) in [6.07, 6.45) is 3.78. The molecule has 0 radical (unpaired) electrons. The number of rotatable bonds is 3. The Morgan fingerprint density at radius 1 is 1.26 bits per heavy atom. The fourth-order valence-corrected chi connectivity index (χ4v) is 3.89. The van der Waals surface area contributed by atoms with Crippen LogP contribution in [0.15, 0.2) is 47.1 Å². The van der Waals surface area contributed by atoms with Gasteiger partial charge in [-0.15, -0.1) is 0 Å². The summed E-state index contributed by atoms with van der Waals surface area (Å²) in [4.78, 5) is 14.9. The van der Waals surface area contributed by atoms with E-state index in [1.165, 1.54) is 5.56 Å². The molecule has 4 rings (SSSR count). The van der Waals surface area contributed by atoms with E-state index >= 15 is 0 Å². The first-order valence-electron chi connectivity index (χ1n) is 9.28. The van der Waals surface area contributed by atoms with Crippen molar-refractivity contribution in [3.05, 3.63) is 59.5 Å². The van der Waals surface area contributed by atoms with Crippen molar-refractivity contribution in [3.8, 4) is 11.3 Å². The van der Waals surface area contributed by atoms with Crippen LogP contribution >= 0.6 is 0 Å². The molecule has 2 aromatic heterocycles. The third-order valence-electron chi connectivity index (χ3n) is 5.68. The first-order valence-corrected chi connectivity index (χ1v) is 9.28. The Morgan fingerprint density at radius 2 is 2.04 bits per heavy atom. The number of aromatic nitrogens is 3. The van der Waals surface area contributed by atoms with Gasteiger partial charge in [0.05, 0.1) is 11.8 Å². The average molecular weight is 364 g/mol. The van der Waals surface area contributed by atoms with Crippen molar-refractivity contribution in [3.63, 3.8) is 0 Å². The van der Waals surface area contributed by atoms with Crippen LogP contribution in [0.1, 0.15) is 41.5 Å². The summed E-state index contributed by atoms with van der Waals surface area (Å²) in [7, 11) is 1.87. The molecule has 0 N–H and O–H groups in total. The van der Waals surface area contributed by atoms with Crippen molar-refractivity contribution < 1.29 is 9.32 Å². The molecule has 1 aliphatic heterocycles. The van der Waals surface area contributed by atoms with Crippen LogP contribution in [0, 0.1) is 6.92 Å². The maximum absolute atomic E-state index is 13.0. The number of likely N-dealkylation sites (tertiary alicyclic amines) is 1. The maximum Gasteiger partial charge on any atom is 0.276 e. The summed E-state index contributed by atoms with van der Waals surface area (Å²) in [6.45, 7) is 5.62. The van der Waals surface area contributed by atoms with Gasteiger partial charge in [0.1, 0.15) is 0 Å². The smallest absolute Gasteiger partial charge is 0.276 e. The topological polar surface area (TPSA) is 64.2 Å². The number of aryl methyl sites for hydroxylation is 1. The van der Waals surface area contributed by atoms with Gasteiger partial charge in [0.2, 0.25) is 0 Å². The highest BCUT2D eigenvalue weighted by molar-refractivity contribution is 5.93. The highest BCUT2D eigenvalue weighted by Crippen LogP contribution is 2.34. The average Bonchev–Trinajstić information content (AvgIpc) is 3.29. The minimum absolute atomic E-state index is 0.0400. The van der Waals surface area contributed by atoms with E-state index in [0.29, 0.717) is 18.0 Å². The fourth-order valence-electron chi connectivity index (χ4n) is 3.89. The third-order valence-corrected chi connectivity index (χ3v) is 5.68. The Labute approximate surface area is 158 Å². The number of hydrogen-bond acceptors (Lipinski definition) is 4. The minimum atomic E-state index is -0.0756. The van der Waals surface area contributed by atoms with Crippen molar-refractivity contribution in [2.45, 2.75) is 32.1 Å². The normalized spacial score (nSPS) is 20.0. The maximum atomic E-state index is 13.0. The lowest BCUT2D eigenvalue weighted by Gasteiger charge is -2.40. The summed E-state index contributed by atoms with van der Waals surface area (Å²) in [6, 6.07) is 12.2. The molecule has 6 nitrogen and oxygen atoms in total. The van der Waals surface area contributed by atoms with Crippen LogP contribution < -0.4 is 0 Å². The summed E-state index contributed by atoms with van der Waals surface area (Å²) in [5, 5.41) is 8.26. The van der Waals surface area contributed by atoms with Crippen molar-refractivity contribution in [1.82, 2.24) is 19.8 Å². The van der Waals surface area contributed by atoms with E-state index in [2.05, 4.69) is 41.4 Å². The van der Waals surface area contributed by atoms with E-state index in [9.17, 15) is 4.79 Å². The van der Waals surface area contributed by atoms with Gasteiger partial charge in [-0.3, -0.25) is 9.48 Å². The molecular weight excluding hydrogens is 340 g/mol. The molecule has 3 heterocycles. The van der Waals surface area contributed by atoms with Gasteiger partial charge in [-0.25, -0.2) is 0 Å². The van der Waals surface area contributed by atoms with Crippen LogP contribution in [0.5, 0.6) is 0 Å². The molecule has 0 aliphatic carbocycles. The van der Waals surface area contributed by atoms with Crippen LogP contribution in [-0.2, 0) is 12.5 Å². The lowest BCUT2D eigenvalue weighted by Crippen LogP contribution is -2.47. The molecule has 1 fully saturated rings. The summed E-state index contributed by atoms with van der Waals surface area (Å²) >= 11 is 0. The summed E-state index contributed by atoms with van der Waals surface area (Å²) in [5.41, 5.74) is 3.42. The Kier molecular flexibility index (Phi) is 4.34. The van der Waals surface area contributed by atoms with E-state index in [4.69, 9.17) is 4.52 Å². The molecule has 6 heteroatoms. The Hall–Kier alpha value is -2.89. The molecule has 1 amide bonds. The van der Waals surface area contributed by atoms with Crippen molar-refractivity contribution in [2.75, 3.05) is 13.1 Å². The third kappa shape index (κ3) is 3.16. The molecule has 1 aromatic carbocycles. The summed E-state index contributed by atoms with van der Waals surface area (Å²) < 4.78 is 7.22. The zero-order valence-corrected chi connectivity index (χ0v) is 16.0. The van der Waals surface area contributed by atoms with Crippen molar-refractivity contribution >= 4 is 5.91 Å². The fraction of sp³-hybridized carbons (Fsp3) is 0.381. The number of piperidine rings is 1. The molecule has 27 heavy (non-hydrogen) atoms. The molecule has 1 atom stereocenters. The van der Waals surface area contributed by atoms with E-state index in [1.54, 1.807) is 16.9 Å². The second-order valence-electron chi connectivity index (χ2n) is 7.60. The molecule has 1 unspecified atom stereocenters. The van der Waals surface area contributed by atoms with Gasteiger partial charge in [-0.05, 0) is 25.3 Å². The van der Waals surface area contributed by atoms with Gasteiger partial charge >= 0.3 is 0 Å². The second-order valence-corrected chi connectivity index (χ2v) is 7.60. The highest BCUT2D eigenvalue weighted by Gasteiger charge is 2.35. The van der Waals surface area contributed by atoms with Gasteiger partial charge < -0.3 is 9.42 Å². The van der Waals surface area contributed by atoms with Crippen LogP contribution in [0.3, 0.4) is 0 Å². The largest absolute Gasteiger partial charge is 0.355 e. The number of nitrogens with zero attached hydrogens (tertiary/aromatic N) is 4. The van der Waals surface area contributed by atoms with Gasteiger partial charge in [-0.1, -0.05) is 42.4 Å². The SMILES string of the molecule is Cc1c(-c2cc(C(=O)N3CCCC(C)(c4ccccc4)C3)no2)cnn1C. The number of amides is 1. The van der Waals surface area contributed by atoms with E-state index < -0.39 is 0 Å². The van der Waals surface area contributed by atoms with E-state index in [-0.39, 0.29) is 11.3 Å².